The van der Waals surface area contributed by atoms with Crippen LogP contribution in [0.1, 0.15) is 30.6 Å². The van der Waals surface area contributed by atoms with Gasteiger partial charge in [-0.3, -0.25) is 4.79 Å². The van der Waals surface area contributed by atoms with E-state index in [0.717, 1.165) is 23.4 Å². The van der Waals surface area contributed by atoms with Gasteiger partial charge in [-0.15, -0.1) is 11.8 Å². The highest BCUT2D eigenvalue weighted by molar-refractivity contribution is 7.99. The fourth-order valence-corrected chi connectivity index (χ4v) is 2.40. The third kappa shape index (κ3) is 4.08. The smallest absolute Gasteiger partial charge is 0.150 e. The summed E-state index contributed by atoms with van der Waals surface area (Å²) in [6.07, 6.45) is 1.70. The Balaban J connectivity index is 2.49. The minimum absolute atomic E-state index is 0.269. The molecule has 0 saturated carbocycles. The molecule has 16 heavy (non-hydrogen) atoms. The van der Waals surface area contributed by atoms with E-state index in [0.29, 0.717) is 5.56 Å². The molecule has 84 valence electrons. The van der Waals surface area contributed by atoms with Crippen LogP contribution >= 0.6 is 11.8 Å². The molecule has 0 aliphatic rings. The molecule has 0 fully saturated rings. The van der Waals surface area contributed by atoms with Gasteiger partial charge in [-0.2, -0.15) is 5.26 Å². The number of carbonyl (C=O) groups is 1. The van der Waals surface area contributed by atoms with Crippen molar-refractivity contribution in [3.8, 4) is 6.07 Å². The van der Waals surface area contributed by atoms with Crippen LogP contribution in [-0.2, 0) is 0 Å². The van der Waals surface area contributed by atoms with Crippen molar-refractivity contribution in [1.82, 2.24) is 0 Å². The second-order valence-electron chi connectivity index (χ2n) is 4.28. The van der Waals surface area contributed by atoms with Crippen molar-refractivity contribution in [1.29, 1.82) is 5.26 Å². The molecule has 0 aliphatic carbocycles. The summed E-state index contributed by atoms with van der Waals surface area (Å²) in [7, 11) is 0. The molecule has 0 aliphatic heterocycles. The Labute approximate surface area is 101 Å². The van der Waals surface area contributed by atoms with E-state index in [1.807, 2.05) is 32.0 Å². The zero-order chi connectivity index (χ0) is 12.0. The Kier molecular flexibility index (Phi) is 4.57. The number of rotatable bonds is 5. The first-order chi connectivity index (χ1) is 7.57. The average molecular weight is 233 g/mol. The lowest BCUT2D eigenvalue weighted by Crippen LogP contribution is -2.08. The summed E-state index contributed by atoms with van der Waals surface area (Å²) in [6, 6.07) is 9.80. The number of carbonyl (C=O) groups excluding carboxylic acids is 1. The molecule has 2 nitrogen and oxygen atoms in total. The van der Waals surface area contributed by atoms with Gasteiger partial charge < -0.3 is 0 Å². The fraction of sp³-hybridized carbons (Fsp3) is 0.385. The highest BCUT2D eigenvalue weighted by Crippen LogP contribution is 2.26. The second-order valence-corrected chi connectivity index (χ2v) is 5.45. The summed E-state index contributed by atoms with van der Waals surface area (Å²) in [5.74, 6) is 0.892. The molecule has 1 aromatic rings. The normalized spacial score (nSPS) is 10.8. The number of benzene rings is 1. The maximum absolute atomic E-state index is 10.6. The van der Waals surface area contributed by atoms with Crippen LogP contribution in [0.2, 0.25) is 0 Å². The van der Waals surface area contributed by atoms with Crippen LogP contribution in [-0.4, -0.2) is 12.0 Å². The number of hydrogen-bond acceptors (Lipinski definition) is 3. The first-order valence-corrected chi connectivity index (χ1v) is 6.15. The van der Waals surface area contributed by atoms with E-state index in [9.17, 15) is 4.79 Å². The largest absolute Gasteiger partial charge is 0.298 e. The predicted octanol–water partition coefficient (Wildman–Crippen LogP) is 3.53. The first-order valence-electron chi connectivity index (χ1n) is 5.17. The van der Waals surface area contributed by atoms with Crippen LogP contribution < -0.4 is 0 Å². The fourth-order valence-electron chi connectivity index (χ4n) is 1.16. The zero-order valence-electron chi connectivity index (χ0n) is 9.56. The standard InChI is InChI=1S/C13H15NOS/c1-13(2,10-14)6-7-16-12-5-3-4-11(8-12)9-15/h3-5,8-9H,6-7H2,1-2H3. The lowest BCUT2D eigenvalue weighted by molar-refractivity contribution is 0.112. The van der Waals surface area contributed by atoms with Crippen molar-refractivity contribution < 1.29 is 4.79 Å². The molecule has 1 aromatic carbocycles. The highest BCUT2D eigenvalue weighted by Gasteiger charge is 2.15. The molecule has 1 rings (SSSR count). The zero-order valence-corrected chi connectivity index (χ0v) is 10.4. The van der Waals surface area contributed by atoms with Crippen LogP contribution in [0, 0.1) is 16.7 Å². The number of thioether (sulfide) groups is 1. The molecule has 0 saturated heterocycles. The SMILES string of the molecule is CC(C)(C#N)CCSc1cccc(C=O)c1. The Bertz CT molecular complexity index is 407. The van der Waals surface area contributed by atoms with Gasteiger partial charge in [-0.25, -0.2) is 0 Å². The highest BCUT2D eigenvalue weighted by atomic mass is 32.2. The van der Waals surface area contributed by atoms with Gasteiger partial charge in [0.2, 0.25) is 0 Å². The van der Waals surface area contributed by atoms with Gasteiger partial charge in [0.1, 0.15) is 6.29 Å². The number of nitrogens with zero attached hydrogens (tertiary/aromatic N) is 1. The van der Waals surface area contributed by atoms with Crippen LogP contribution in [0.15, 0.2) is 29.2 Å². The third-order valence-electron chi connectivity index (χ3n) is 2.29. The molecular weight excluding hydrogens is 218 g/mol. The van der Waals surface area contributed by atoms with Gasteiger partial charge in [-0.05, 0) is 38.2 Å². The lowest BCUT2D eigenvalue weighted by Gasteiger charge is -2.13. The van der Waals surface area contributed by atoms with Crippen LogP contribution in [0.5, 0.6) is 0 Å². The van der Waals surface area contributed by atoms with E-state index in [2.05, 4.69) is 6.07 Å². The third-order valence-corrected chi connectivity index (χ3v) is 3.29. The maximum atomic E-state index is 10.6. The molecule has 0 bridgehead atoms. The summed E-state index contributed by atoms with van der Waals surface area (Å²) in [5, 5.41) is 8.87. The van der Waals surface area contributed by atoms with Crippen molar-refractivity contribution in [2.24, 2.45) is 5.41 Å². The topological polar surface area (TPSA) is 40.9 Å². The first kappa shape index (κ1) is 12.8. The van der Waals surface area contributed by atoms with E-state index in [-0.39, 0.29) is 5.41 Å². The summed E-state index contributed by atoms with van der Waals surface area (Å²) in [5.41, 5.74) is 0.430. The quantitative estimate of drug-likeness (QED) is 0.577. The van der Waals surface area contributed by atoms with Crippen molar-refractivity contribution >= 4 is 18.0 Å². The number of hydrogen-bond donors (Lipinski definition) is 0. The minimum atomic E-state index is -0.269. The Morgan fingerprint density at radius 2 is 2.25 bits per heavy atom. The molecule has 0 radical (unpaired) electrons. The number of aldehydes is 1. The Morgan fingerprint density at radius 1 is 1.50 bits per heavy atom. The van der Waals surface area contributed by atoms with Gasteiger partial charge in [0.25, 0.3) is 0 Å². The van der Waals surface area contributed by atoms with Crippen molar-refractivity contribution in [2.75, 3.05) is 5.75 Å². The molecule has 0 amide bonds. The van der Waals surface area contributed by atoms with Crippen LogP contribution in [0.25, 0.3) is 0 Å². The molecule has 0 N–H and O–H groups in total. The number of nitriles is 1. The Hall–Kier alpha value is -1.27. The molecular formula is C13H15NOS. The molecule has 3 heteroatoms. The summed E-state index contributed by atoms with van der Waals surface area (Å²) < 4.78 is 0. The van der Waals surface area contributed by atoms with Gasteiger partial charge in [0.15, 0.2) is 0 Å². The monoisotopic (exact) mass is 233 g/mol. The van der Waals surface area contributed by atoms with Gasteiger partial charge in [-0.1, -0.05) is 12.1 Å². The second kappa shape index (κ2) is 5.72. The van der Waals surface area contributed by atoms with E-state index < -0.39 is 0 Å². The van der Waals surface area contributed by atoms with Crippen molar-refractivity contribution in [2.45, 2.75) is 25.2 Å². The Morgan fingerprint density at radius 3 is 2.88 bits per heavy atom. The molecule has 0 aromatic heterocycles. The maximum Gasteiger partial charge on any atom is 0.150 e. The molecule has 0 spiro atoms. The van der Waals surface area contributed by atoms with Crippen LogP contribution in [0.4, 0.5) is 0 Å². The average Bonchev–Trinajstić information content (AvgIpc) is 2.29. The van der Waals surface area contributed by atoms with Gasteiger partial charge >= 0.3 is 0 Å². The van der Waals surface area contributed by atoms with Crippen LogP contribution in [0.3, 0.4) is 0 Å². The van der Waals surface area contributed by atoms with Gasteiger partial charge in [0, 0.05) is 10.5 Å². The van der Waals surface area contributed by atoms with Crippen molar-refractivity contribution in [3.05, 3.63) is 29.8 Å². The van der Waals surface area contributed by atoms with E-state index in [4.69, 9.17) is 5.26 Å². The summed E-state index contributed by atoms with van der Waals surface area (Å²) in [4.78, 5) is 11.7. The van der Waals surface area contributed by atoms with E-state index in [1.54, 1.807) is 17.8 Å². The van der Waals surface area contributed by atoms with Crippen molar-refractivity contribution in [3.63, 3.8) is 0 Å². The summed E-state index contributed by atoms with van der Waals surface area (Å²) in [6.45, 7) is 3.88. The van der Waals surface area contributed by atoms with E-state index in [1.165, 1.54) is 0 Å². The summed E-state index contributed by atoms with van der Waals surface area (Å²) >= 11 is 1.68. The van der Waals surface area contributed by atoms with E-state index >= 15 is 0 Å². The predicted molar refractivity (Wildman–Crippen MR) is 66.6 cm³/mol. The molecule has 0 atom stereocenters. The van der Waals surface area contributed by atoms with Gasteiger partial charge in [0.05, 0.1) is 11.5 Å². The molecule has 0 unspecified atom stereocenters. The minimum Gasteiger partial charge on any atom is -0.298 e. The molecule has 0 heterocycles. The lowest BCUT2D eigenvalue weighted by atomic mass is 9.93.